The fourth-order valence-electron chi connectivity index (χ4n) is 3.05. The van der Waals surface area contributed by atoms with Crippen molar-refractivity contribution in [1.82, 2.24) is 4.90 Å². The molecule has 0 aliphatic heterocycles. The van der Waals surface area contributed by atoms with E-state index >= 15 is 0 Å². The fraction of sp³-hybridized carbons (Fsp3) is 0.364. The van der Waals surface area contributed by atoms with Crippen LogP contribution >= 0.6 is 0 Å². The standard InChI is InChI=1S/C22H28N2O3/c1-5-24(17(2)3)20-13-11-19(12-14-20)22(26)23(16-21(25)27-4)15-18-9-7-6-8-10-18/h6-14,17H,5,15-16H2,1-4H3. The van der Waals surface area contributed by atoms with Gasteiger partial charge in [0.15, 0.2) is 0 Å². The van der Waals surface area contributed by atoms with Gasteiger partial charge in [-0.1, -0.05) is 30.3 Å². The number of amides is 1. The lowest BCUT2D eigenvalue weighted by Crippen LogP contribution is -2.36. The molecule has 0 saturated carbocycles. The van der Waals surface area contributed by atoms with Crippen LogP contribution in [0.1, 0.15) is 36.7 Å². The second-order valence-corrected chi connectivity index (χ2v) is 6.65. The van der Waals surface area contributed by atoms with E-state index in [9.17, 15) is 9.59 Å². The number of carbonyl (C=O) groups excluding carboxylic acids is 2. The Bertz CT molecular complexity index is 742. The molecule has 2 aromatic rings. The fourth-order valence-corrected chi connectivity index (χ4v) is 3.05. The number of esters is 1. The zero-order valence-electron chi connectivity index (χ0n) is 16.5. The van der Waals surface area contributed by atoms with Crippen LogP contribution < -0.4 is 4.90 Å². The maximum Gasteiger partial charge on any atom is 0.325 e. The molecule has 27 heavy (non-hydrogen) atoms. The third-order valence-electron chi connectivity index (χ3n) is 4.46. The minimum absolute atomic E-state index is 0.0843. The maximum absolute atomic E-state index is 13.0. The number of methoxy groups -OCH3 is 1. The Labute approximate surface area is 161 Å². The summed E-state index contributed by atoms with van der Waals surface area (Å²) in [5.74, 6) is -0.628. The van der Waals surface area contributed by atoms with E-state index in [1.165, 1.54) is 12.0 Å². The summed E-state index contributed by atoms with van der Waals surface area (Å²) in [6, 6.07) is 17.5. The second kappa shape index (κ2) is 9.76. The molecular weight excluding hydrogens is 340 g/mol. The molecule has 2 rings (SSSR count). The van der Waals surface area contributed by atoms with Gasteiger partial charge in [-0.2, -0.15) is 0 Å². The van der Waals surface area contributed by atoms with E-state index in [-0.39, 0.29) is 12.5 Å². The topological polar surface area (TPSA) is 49.9 Å². The third kappa shape index (κ3) is 5.58. The van der Waals surface area contributed by atoms with E-state index in [0.29, 0.717) is 18.2 Å². The van der Waals surface area contributed by atoms with Gasteiger partial charge < -0.3 is 14.5 Å². The Morgan fingerprint density at radius 2 is 1.63 bits per heavy atom. The van der Waals surface area contributed by atoms with E-state index in [1.54, 1.807) is 0 Å². The van der Waals surface area contributed by atoms with Gasteiger partial charge in [0.1, 0.15) is 6.54 Å². The van der Waals surface area contributed by atoms with Crippen molar-refractivity contribution < 1.29 is 14.3 Å². The summed E-state index contributed by atoms with van der Waals surface area (Å²) >= 11 is 0. The molecule has 2 aromatic carbocycles. The lowest BCUT2D eigenvalue weighted by atomic mass is 10.1. The number of benzene rings is 2. The first kappa shape index (κ1) is 20.5. The summed E-state index contributed by atoms with van der Waals surface area (Å²) in [6.45, 7) is 7.55. The summed E-state index contributed by atoms with van der Waals surface area (Å²) in [5.41, 5.74) is 2.59. The number of hydrogen-bond acceptors (Lipinski definition) is 4. The molecule has 0 aliphatic rings. The van der Waals surface area contributed by atoms with Gasteiger partial charge in [-0.05, 0) is 50.6 Å². The predicted octanol–water partition coefficient (Wildman–Crippen LogP) is 3.74. The predicted molar refractivity (Wildman–Crippen MR) is 108 cm³/mol. The average molecular weight is 368 g/mol. The van der Waals surface area contributed by atoms with E-state index in [2.05, 4.69) is 25.7 Å². The highest BCUT2D eigenvalue weighted by molar-refractivity contribution is 5.96. The molecule has 0 saturated heterocycles. The average Bonchev–Trinajstić information content (AvgIpc) is 2.68. The van der Waals surface area contributed by atoms with Gasteiger partial charge in [0.25, 0.3) is 5.91 Å². The Balaban J connectivity index is 2.22. The van der Waals surface area contributed by atoms with Crippen LogP contribution in [0.2, 0.25) is 0 Å². The summed E-state index contributed by atoms with van der Waals surface area (Å²) in [4.78, 5) is 28.5. The molecule has 144 valence electrons. The second-order valence-electron chi connectivity index (χ2n) is 6.65. The quantitative estimate of drug-likeness (QED) is 0.666. The van der Waals surface area contributed by atoms with Crippen LogP contribution in [-0.4, -0.2) is 43.0 Å². The first-order chi connectivity index (χ1) is 13.0. The number of nitrogens with zero attached hydrogens (tertiary/aromatic N) is 2. The van der Waals surface area contributed by atoms with Crippen molar-refractivity contribution in [3.63, 3.8) is 0 Å². The molecule has 0 atom stereocenters. The first-order valence-electron chi connectivity index (χ1n) is 9.23. The monoisotopic (exact) mass is 368 g/mol. The van der Waals surface area contributed by atoms with Crippen molar-refractivity contribution in [1.29, 1.82) is 0 Å². The Morgan fingerprint density at radius 1 is 1.00 bits per heavy atom. The van der Waals surface area contributed by atoms with Crippen molar-refractivity contribution in [3.05, 3.63) is 65.7 Å². The van der Waals surface area contributed by atoms with E-state index in [4.69, 9.17) is 4.74 Å². The molecule has 0 aliphatic carbocycles. The van der Waals surface area contributed by atoms with Crippen molar-refractivity contribution in [2.24, 2.45) is 0 Å². The molecule has 0 heterocycles. The van der Waals surface area contributed by atoms with Gasteiger partial charge >= 0.3 is 5.97 Å². The van der Waals surface area contributed by atoms with Gasteiger partial charge in [-0.15, -0.1) is 0 Å². The van der Waals surface area contributed by atoms with Crippen LogP contribution in [0.3, 0.4) is 0 Å². The largest absolute Gasteiger partial charge is 0.468 e. The van der Waals surface area contributed by atoms with E-state index in [0.717, 1.165) is 17.8 Å². The van der Waals surface area contributed by atoms with Crippen molar-refractivity contribution in [3.8, 4) is 0 Å². The first-order valence-corrected chi connectivity index (χ1v) is 9.23. The molecule has 0 spiro atoms. The molecule has 5 nitrogen and oxygen atoms in total. The normalized spacial score (nSPS) is 10.6. The zero-order chi connectivity index (χ0) is 19.8. The minimum Gasteiger partial charge on any atom is -0.468 e. The van der Waals surface area contributed by atoms with Crippen LogP contribution in [0.15, 0.2) is 54.6 Å². The number of anilines is 1. The molecule has 0 radical (unpaired) electrons. The smallest absolute Gasteiger partial charge is 0.325 e. The molecular formula is C22H28N2O3. The summed E-state index contributed by atoms with van der Waals surface area (Å²) in [7, 11) is 1.33. The van der Waals surface area contributed by atoms with Crippen molar-refractivity contribution in [2.45, 2.75) is 33.4 Å². The SMILES string of the molecule is CCN(c1ccc(C(=O)N(CC(=O)OC)Cc2ccccc2)cc1)C(C)C. The van der Waals surface area contributed by atoms with Gasteiger partial charge in [-0.3, -0.25) is 9.59 Å². The number of hydrogen-bond donors (Lipinski definition) is 0. The van der Waals surface area contributed by atoms with E-state index < -0.39 is 5.97 Å². The number of carbonyl (C=O) groups is 2. The lowest BCUT2D eigenvalue weighted by molar-refractivity contribution is -0.141. The van der Waals surface area contributed by atoms with Crippen LogP contribution in [-0.2, 0) is 16.1 Å². The van der Waals surface area contributed by atoms with Crippen LogP contribution in [0.25, 0.3) is 0 Å². The summed E-state index contributed by atoms with van der Waals surface area (Å²) < 4.78 is 4.76. The molecule has 0 bridgehead atoms. The minimum atomic E-state index is -0.437. The molecule has 1 amide bonds. The highest BCUT2D eigenvalue weighted by Gasteiger charge is 2.20. The molecule has 0 unspecified atom stereocenters. The Hall–Kier alpha value is -2.82. The van der Waals surface area contributed by atoms with E-state index in [1.807, 2.05) is 54.6 Å². The van der Waals surface area contributed by atoms with Gasteiger partial charge in [0.05, 0.1) is 7.11 Å². The van der Waals surface area contributed by atoms with Crippen molar-refractivity contribution in [2.75, 3.05) is 25.1 Å². The maximum atomic E-state index is 13.0. The summed E-state index contributed by atoms with van der Waals surface area (Å²) in [5, 5.41) is 0. The Morgan fingerprint density at radius 3 is 2.15 bits per heavy atom. The molecule has 0 fully saturated rings. The van der Waals surface area contributed by atoms with Crippen LogP contribution in [0.5, 0.6) is 0 Å². The highest BCUT2D eigenvalue weighted by Crippen LogP contribution is 2.19. The molecule has 5 heteroatoms. The summed E-state index contributed by atoms with van der Waals surface area (Å²) in [6.07, 6.45) is 0. The lowest BCUT2D eigenvalue weighted by Gasteiger charge is -2.28. The van der Waals surface area contributed by atoms with Gasteiger partial charge in [0, 0.05) is 30.4 Å². The molecule has 0 N–H and O–H groups in total. The third-order valence-corrected chi connectivity index (χ3v) is 4.46. The number of rotatable bonds is 8. The molecule has 0 aromatic heterocycles. The van der Waals surface area contributed by atoms with Crippen LogP contribution in [0, 0.1) is 0 Å². The van der Waals surface area contributed by atoms with Gasteiger partial charge in [0.2, 0.25) is 0 Å². The van der Waals surface area contributed by atoms with Crippen molar-refractivity contribution >= 4 is 17.6 Å². The van der Waals surface area contributed by atoms with Crippen LogP contribution in [0.4, 0.5) is 5.69 Å². The number of ether oxygens (including phenoxy) is 1. The zero-order valence-corrected chi connectivity index (χ0v) is 16.5. The Kier molecular flexibility index (Phi) is 7.41. The highest BCUT2D eigenvalue weighted by atomic mass is 16.5. The van der Waals surface area contributed by atoms with Gasteiger partial charge in [-0.25, -0.2) is 0 Å².